The number of ether oxygens (including phenoxy) is 2. The Bertz CT molecular complexity index is 2140. The summed E-state index contributed by atoms with van der Waals surface area (Å²) >= 11 is 12.6. The zero-order valence-corrected chi connectivity index (χ0v) is 34.8. The van der Waals surface area contributed by atoms with E-state index in [-0.39, 0.29) is 28.7 Å². The third-order valence-corrected chi connectivity index (χ3v) is 10.1. The highest BCUT2D eigenvalue weighted by atomic mass is 35.5. The van der Waals surface area contributed by atoms with Gasteiger partial charge in [0, 0.05) is 22.4 Å². The predicted octanol–water partition coefficient (Wildman–Crippen LogP) is 10.9. The molecule has 2 aliphatic carbocycles. The van der Waals surface area contributed by atoms with E-state index in [1.54, 1.807) is 0 Å². The highest BCUT2D eigenvalue weighted by Gasteiger charge is 2.32. The number of carbonyl (C=O) groups is 2. The number of aromatic nitrogens is 4. The lowest BCUT2D eigenvalue weighted by Gasteiger charge is -2.22. The molecule has 0 spiro atoms. The molecular formula is C44H50Cl2N6O4. The van der Waals surface area contributed by atoms with Gasteiger partial charge in [-0.05, 0) is 87.8 Å². The van der Waals surface area contributed by atoms with Crippen LogP contribution in [0.1, 0.15) is 136 Å². The number of methoxy groups -OCH3 is 2. The number of carbonyl (C=O) groups excluding carboxylic acids is 2. The molecule has 7 rings (SSSR count). The van der Waals surface area contributed by atoms with Gasteiger partial charge in [-0.15, -0.1) is 0 Å². The molecule has 2 fully saturated rings. The SMILES string of the molecule is CC.COC(=O)c1nc(C2CC2)nc(NC(C)c2ccc(C)cc2C)c1C.COC(=O)c1nc(C2CC2)nc(NC(c2ccccc2)c2ccc(Cl)cc2)c1Cl. The van der Waals surface area contributed by atoms with Crippen LogP contribution < -0.4 is 10.6 Å². The topological polar surface area (TPSA) is 128 Å². The number of hydrogen-bond acceptors (Lipinski definition) is 10. The molecule has 2 unspecified atom stereocenters. The van der Waals surface area contributed by atoms with E-state index in [0.29, 0.717) is 34.1 Å². The molecule has 0 radical (unpaired) electrons. The van der Waals surface area contributed by atoms with Crippen molar-refractivity contribution in [2.75, 3.05) is 24.9 Å². The lowest BCUT2D eigenvalue weighted by molar-refractivity contribution is 0.0584. The maximum absolute atomic E-state index is 12.2. The summed E-state index contributed by atoms with van der Waals surface area (Å²) in [6.07, 6.45) is 4.16. The number of nitrogens with one attached hydrogen (secondary N) is 2. The number of anilines is 2. The van der Waals surface area contributed by atoms with Crippen LogP contribution in [-0.4, -0.2) is 46.1 Å². The molecule has 0 aliphatic heterocycles. The minimum Gasteiger partial charge on any atom is -0.464 e. The second-order valence-electron chi connectivity index (χ2n) is 13.8. The second-order valence-corrected chi connectivity index (χ2v) is 14.6. The van der Waals surface area contributed by atoms with E-state index in [1.165, 1.54) is 30.9 Å². The van der Waals surface area contributed by atoms with E-state index in [4.69, 9.17) is 37.7 Å². The molecule has 2 atom stereocenters. The van der Waals surface area contributed by atoms with Gasteiger partial charge in [0.2, 0.25) is 0 Å². The van der Waals surface area contributed by atoms with Crippen molar-refractivity contribution in [2.45, 2.75) is 91.1 Å². The first-order valence-electron chi connectivity index (χ1n) is 19.0. The van der Waals surface area contributed by atoms with Crippen LogP contribution >= 0.6 is 23.2 Å². The third kappa shape index (κ3) is 10.4. The monoisotopic (exact) mass is 796 g/mol. The highest BCUT2D eigenvalue weighted by molar-refractivity contribution is 6.35. The molecule has 0 saturated heterocycles. The summed E-state index contributed by atoms with van der Waals surface area (Å²) in [5, 5.41) is 7.68. The summed E-state index contributed by atoms with van der Waals surface area (Å²) < 4.78 is 9.75. The van der Waals surface area contributed by atoms with E-state index in [1.807, 2.05) is 75.4 Å². The summed E-state index contributed by atoms with van der Waals surface area (Å²) in [4.78, 5) is 42.4. The minimum atomic E-state index is -0.579. The van der Waals surface area contributed by atoms with Crippen molar-refractivity contribution >= 4 is 46.8 Å². The molecule has 2 aromatic heterocycles. The van der Waals surface area contributed by atoms with Crippen LogP contribution in [-0.2, 0) is 9.47 Å². The van der Waals surface area contributed by atoms with E-state index < -0.39 is 11.9 Å². The minimum absolute atomic E-state index is 0.0757. The maximum atomic E-state index is 12.2. The highest BCUT2D eigenvalue weighted by Crippen LogP contribution is 2.41. The first-order valence-corrected chi connectivity index (χ1v) is 19.8. The molecule has 0 bridgehead atoms. The van der Waals surface area contributed by atoms with Gasteiger partial charge in [-0.1, -0.05) is 103 Å². The molecule has 5 aromatic rings. The molecule has 56 heavy (non-hydrogen) atoms. The Morgan fingerprint density at radius 3 is 1.79 bits per heavy atom. The Hall–Kier alpha value is -5.06. The summed E-state index contributed by atoms with van der Waals surface area (Å²) in [7, 11) is 2.69. The number of esters is 2. The Kier molecular flexibility index (Phi) is 14.4. The number of halogens is 2. The fraction of sp³-hybridized carbons (Fsp3) is 0.364. The second kappa shape index (κ2) is 19.2. The van der Waals surface area contributed by atoms with Crippen molar-refractivity contribution in [3.63, 3.8) is 0 Å². The van der Waals surface area contributed by atoms with Gasteiger partial charge in [0.15, 0.2) is 11.4 Å². The quantitative estimate of drug-likeness (QED) is 0.125. The Labute approximate surface area is 339 Å². The van der Waals surface area contributed by atoms with Crippen molar-refractivity contribution in [1.29, 1.82) is 0 Å². The van der Waals surface area contributed by atoms with Crippen molar-refractivity contribution in [1.82, 2.24) is 19.9 Å². The number of benzene rings is 3. The van der Waals surface area contributed by atoms with Gasteiger partial charge in [0.05, 0.1) is 26.3 Å². The molecule has 2 heterocycles. The predicted molar refractivity (Wildman–Crippen MR) is 223 cm³/mol. The summed E-state index contributed by atoms with van der Waals surface area (Å²) in [5.41, 5.74) is 6.88. The van der Waals surface area contributed by atoms with Crippen LogP contribution in [0.5, 0.6) is 0 Å². The van der Waals surface area contributed by atoms with E-state index in [9.17, 15) is 9.59 Å². The number of rotatable bonds is 11. The molecule has 2 N–H and O–H groups in total. The molecule has 294 valence electrons. The van der Waals surface area contributed by atoms with Crippen LogP contribution in [0, 0.1) is 20.8 Å². The zero-order valence-electron chi connectivity index (χ0n) is 33.2. The molecule has 12 heteroatoms. The molecular weight excluding hydrogens is 747 g/mol. The van der Waals surface area contributed by atoms with Gasteiger partial charge in [-0.3, -0.25) is 0 Å². The van der Waals surface area contributed by atoms with Crippen LogP contribution in [0.15, 0.2) is 72.8 Å². The maximum Gasteiger partial charge on any atom is 0.358 e. The normalized spacial score (nSPS) is 14.2. The lowest BCUT2D eigenvalue weighted by Crippen LogP contribution is -2.17. The molecule has 3 aromatic carbocycles. The first-order chi connectivity index (χ1) is 27.0. The van der Waals surface area contributed by atoms with Gasteiger partial charge in [0.25, 0.3) is 0 Å². The Morgan fingerprint density at radius 1 is 0.696 bits per heavy atom. The summed E-state index contributed by atoms with van der Waals surface area (Å²) in [6.45, 7) is 12.2. The number of hydrogen-bond donors (Lipinski definition) is 2. The first kappa shape index (κ1) is 42.1. The zero-order chi connectivity index (χ0) is 40.5. The standard InChI is InChI=1S/C22H19Cl2N3O2.C20H25N3O2.C2H6/c1-29-22(28)19-17(24)21(27-20(26-19)15-7-8-15)25-18(13-5-3-2-4-6-13)14-9-11-16(23)12-10-14;1-11-6-9-16(12(2)10-11)14(4)21-18-13(3)17(20(24)25-5)22-19(23-18)15-7-8-15;1-2/h2-6,9-12,15,18H,7-8H2,1H3,(H,25,26,27);6,9-10,14-15H,7-8H2,1-5H3,(H,21,22,23);1-2H3. The van der Waals surface area contributed by atoms with Crippen LogP contribution in [0.3, 0.4) is 0 Å². The largest absolute Gasteiger partial charge is 0.464 e. The van der Waals surface area contributed by atoms with Crippen molar-refractivity contribution in [3.8, 4) is 0 Å². The van der Waals surface area contributed by atoms with Crippen LogP contribution in [0.2, 0.25) is 10.0 Å². The molecule has 0 amide bonds. The third-order valence-electron chi connectivity index (χ3n) is 9.54. The van der Waals surface area contributed by atoms with Gasteiger partial charge < -0.3 is 20.1 Å². The van der Waals surface area contributed by atoms with Crippen LogP contribution in [0.25, 0.3) is 0 Å². The average Bonchev–Trinajstić information content (AvgIpc) is 4.14. The summed E-state index contributed by atoms with van der Waals surface area (Å²) in [6, 6.07) is 23.8. The lowest BCUT2D eigenvalue weighted by atomic mass is 9.98. The fourth-order valence-electron chi connectivity index (χ4n) is 6.20. The van der Waals surface area contributed by atoms with E-state index in [0.717, 1.165) is 48.2 Å². The molecule has 2 aliphatic rings. The number of aryl methyl sites for hydroxylation is 2. The molecule has 10 nitrogen and oxygen atoms in total. The number of nitrogens with zero attached hydrogens (tertiary/aromatic N) is 4. The Morgan fingerprint density at radius 2 is 1.23 bits per heavy atom. The van der Waals surface area contributed by atoms with Crippen LogP contribution in [0.4, 0.5) is 11.6 Å². The van der Waals surface area contributed by atoms with E-state index >= 15 is 0 Å². The van der Waals surface area contributed by atoms with Crippen molar-refractivity contribution in [2.24, 2.45) is 0 Å². The Balaban J connectivity index is 0.000000207. The van der Waals surface area contributed by atoms with Gasteiger partial charge in [0.1, 0.15) is 28.3 Å². The van der Waals surface area contributed by atoms with E-state index in [2.05, 4.69) is 64.6 Å². The van der Waals surface area contributed by atoms with Gasteiger partial charge in [-0.2, -0.15) is 0 Å². The average molecular weight is 798 g/mol. The van der Waals surface area contributed by atoms with Gasteiger partial charge >= 0.3 is 11.9 Å². The molecule has 2 saturated carbocycles. The fourth-order valence-corrected chi connectivity index (χ4v) is 6.54. The smallest absolute Gasteiger partial charge is 0.358 e. The summed E-state index contributed by atoms with van der Waals surface area (Å²) in [5.74, 6) is 2.09. The van der Waals surface area contributed by atoms with Gasteiger partial charge in [-0.25, -0.2) is 29.5 Å². The van der Waals surface area contributed by atoms with Crippen molar-refractivity contribution < 1.29 is 19.1 Å². The van der Waals surface area contributed by atoms with Crippen molar-refractivity contribution in [3.05, 3.63) is 139 Å².